The molecule has 1 heterocycles. The van der Waals surface area contributed by atoms with Gasteiger partial charge >= 0.3 is 0 Å². The third kappa shape index (κ3) is 3.37. The summed E-state index contributed by atoms with van der Waals surface area (Å²) >= 11 is 0. The number of rotatable bonds is 3. The number of aliphatic hydroxyl groups excluding tert-OH is 1. The van der Waals surface area contributed by atoms with Gasteiger partial charge in [-0.25, -0.2) is 0 Å². The SMILES string of the molecule is CC[C@@H](O)CN1CCS(=O)C(C)C1. The maximum absolute atomic E-state index is 11.3. The molecule has 1 rings (SSSR count). The van der Waals surface area contributed by atoms with Crippen molar-refractivity contribution in [2.24, 2.45) is 0 Å². The van der Waals surface area contributed by atoms with Gasteiger partial charge in [-0.2, -0.15) is 0 Å². The first-order valence-electron chi connectivity index (χ1n) is 4.91. The van der Waals surface area contributed by atoms with Crippen molar-refractivity contribution >= 4 is 10.8 Å². The maximum atomic E-state index is 11.3. The van der Waals surface area contributed by atoms with E-state index in [0.717, 1.165) is 31.8 Å². The van der Waals surface area contributed by atoms with Gasteiger partial charge in [0.05, 0.1) is 6.10 Å². The summed E-state index contributed by atoms with van der Waals surface area (Å²) in [4.78, 5) is 2.21. The first-order chi connectivity index (χ1) is 6.13. The van der Waals surface area contributed by atoms with E-state index < -0.39 is 10.8 Å². The molecular formula is C9H19NO2S. The molecule has 0 amide bonds. The Kier molecular flexibility index (Phi) is 4.35. The number of β-amino-alcohol motifs (C(OH)–C–C–N with tert-alkyl or cyclic N) is 1. The lowest BCUT2D eigenvalue weighted by Gasteiger charge is -2.31. The van der Waals surface area contributed by atoms with Crippen molar-refractivity contribution < 1.29 is 9.32 Å². The molecule has 2 unspecified atom stereocenters. The highest BCUT2D eigenvalue weighted by atomic mass is 32.2. The van der Waals surface area contributed by atoms with E-state index in [0.29, 0.717) is 0 Å². The molecule has 0 saturated carbocycles. The molecule has 1 saturated heterocycles. The van der Waals surface area contributed by atoms with E-state index in [1.54, 1.807) is 0 Å². The summed E-state index contributed by atoms with van der Waals surface area (Å²) in [5.74, 6) is 0.762. The highest BCUT2D eigenvalue weighted by Gasteiger charge is 2.23. The van der Waals surface area contributed by atoms with Crippen LogP contribution in [0.25, 0.3) is 0 Å². The summed E-state index contributed by atoms with van der Waals surface area (Å²) in [5.41, 5.74) is 0. The van der Waals surface area contributed by atoms with Crippen LogP contribution in [0.5, 0.6) is 0 Å². The third-order valence-electron chi connectivity index (χ3n) is 2.51. The van der Waals surface area contributed by atoms with Gasteiger partial charge in [-0.05, 0) is 13.3 Å². The Morgan fingerprint density at radius 1 is 1.69 bits per heavy atom. The molecule has 78 valence electrons. The van der Waals surface area contributed by atoms with Gasteiger partial charge in [0.1, 0.15) is 0 Å². The molecule has 0 aromatic heterocycles. The van der Waals surface area contributed by atoms with Crippen molar-refractivity contribution in [1.82, 2.24) is 4.90 Å². The number of hydrogen-bond acceptors (Lipinski definition) is 3. The lowest BCUT2D eigenvalue weighted by molar-refractivity contribution is 0.111. The number of nitrogens with zero attached hydrogens (tertiary/aromatic N) is 1. The average molecular weight is 205 g/mol. The van der Waals surface area contributed by atoms with Crippen LogP contribution in [-0.2, 0) is 10.8 Å². The third-order valence-corrected chi connectivity index (χ3v) is 4.14. The molecule has 3 nitrogen and oxygen atoms in total. The molecule has 3 atom stereocenters. The van der Waals surface area contributed by atoms with E-state index in [1.165, 1.54) is 0 Å². The van der Waals surface area contributed by atoms with Crippen molar-refractivity contribution in [3.63, 3.8) is 0 Å². The minimum absolute atomic E-state index is 0.223. The molecule has 0 radical (unpaired) electrons. The molecule has 0 bridgehead atoms. The lowest BCUT2D eigenvalue weighted by Crippen LogP contribution is -2.45. The second kappa shape index (κ2) is 5.08. The zero-order valence-corrected chi connectivity index (χ0v) is 9.22. The van der Waals surface area contributed by atoms with Crippen LogP contribution < -0.4 is 0 Å². The van der Waals surface area contributed by atoms with Crippen molar-refractivity contribution in [3.05, 3.63) is 0 Å². The summed E-state index contributed by atoms with van der Waals surface area (Å²) in [6, 6.07) is 0. The molecule has 4 heteroatoms. The van der Waals surface area contributed by atoms with Crippen molar-refractivity contribution in [2.75, 3.05) is 25.4 Å². The number of aliphatic hydroxyl groups is 1. The van der Waals surface area contributed by atoms with Crippen LogP contribution in [0.15, 0.2) is 0 Å². The number of hydrogen-bond donors (Lipinski definition) is 1. The molecule has 0 aromatic carbocycles. The van der Waals surface area contributed by atoms with E-state index in [4.69, 9.17) is 0 Å². The Morgan fingerprint density at radius 3 is 2.92 bits per heavy atom. The highest BCUT2D eigenvalue weighted by molar-refractivity contribution is 7.85. The first-order valence-corrected chi connectivity index (χ1v) is 6.29. The fraction of sp³-hybridized carbons (Fsp3) is 1.00. The van der Waals surface area contributed by atoms with Crippen LogP contribution in [-0.4, -0.2) is 51.0 Å². The summed E-state index contributed by atoms with van der Waals surface area (Å²) < 4.78 is 11.3. The Balaban J connectivity index is 2.33. The van der Waals surface area contributed by atoms with Gasteiger partial charge in [0.15, 0.2) is 0 Å². The van der Waals surface area contributed by atoms with Gasteiger partial charge in [0.2, 0.25) is 0 Å². The first kappa shape index (κ1) is 11.1. The molecule has 1 aliphatic heterocycles. The van der Waals surface area contributed by atoms with Gasteiger partial charge in [0, 0.05) is 41.4 Å². The Hall–Kier alpha value is 0.0700. The van der Waals surface area contributed by atoms with Crippen molar-refractivity contribution in [2.45, 2.75) is 31.6 Å². The van der Waals surface area contributed by atoms with Gasteiger partial charge in [-0.15, -0.1) is 0 Å². The summed E-state index contributed by atoms with van der Waals surface area (Å²) in [5, 5.41) is 9.71. The Morgan fingerprint density at radius 2 is 2.38 bits per heavy atom. The van der Waals surface area contributed by atoms with Gasteiger partial charge in [-0.1, -0.05) is 6.92 Å². The zero-order chi connectivity index (χ0) is 9.84. The van der Waals surface area contributed by atoms with E-state index >= 15 is 0 Å². The van der Waals surface area contributed by atoms with Crippen LogP contribution in [0.4, 0.5) is 0 Å². The molecule has 1 aliphatic rings. The molecule has 0 spiro atoms. The van der Waals surface area contributed by atoms with Crippen LogP contribution >= 0.6 is 0 Å². The average Bonchev–Trinajstić information content (AvgIpc) is 2.11. The van der Waals surface area contributed by atoms with Crippen LogP contribution in [0.3, 0.4) is 0 Å². The summed E-state index contributed by atoms with van der Waals surface area (Å²) in [6.07, 6.45) is 0.576. The maximum Gasteiger partial charge on any atom is 0.0664 e. The minimum atomic E-state index is -0.646. The lowest BCUT2D eigenvalue weighted by atomic mass is 10.2. The largest absolute Gasteiger partial charge is 0.392 e. The van der Waals surface area contributed by atoms with E-state index in [-0.39, 0.29) is 11.4 Å². The fourth-order valence-electron chi connectivity index (χ4n) is 1.55. The molecule has 0 aromatic rings. The topological polar surface area (TPSA) is 40.5 Å². The van der Waals surface area contributed by atoms with Crippen molar-refractivity contribution in [1.29, 1.82) is 0 Å². The standard InChI is InChI=1S/C9H19NO2S/c1-3-9(11)7-10-4-5-13(12)8(2)6-10/h8-9,11H,3-7H2,1-2H3/t8?,9-,13?/m1/s1. The molecular weight excluding hydrogens is 186 g/mol. The van der Waals surface area contributed by atoms with Crippen LogP contribution in [0.2, 0.25) is 0 Å². The Labute approximate surface area is 82.6 Å². The molecule has 13 heavy (non-hydrogen) atoms. The van der Waals surface area contributed by atoms with E-state index in [1.807, 2.05) is 13.8 Å². The quantitative estimate of drug-likeness (QED) is 0.716. The second-order valence-corrected chi connectivity index (χ2v) is 5.69. The predicted molar refractivity (Wildman–Crippen MR) is 55.2 cm³/mol. The summed E-state index contributed by atoms with van der Waals surface area (Å²) in [7, 11) is -0.646. The summed E-state index contributed by atoms with van der Waals surface area (Å²) in [6.45, 7) is 6.46. The molecule has 1 fully saturated rings. The van der Waals surface area contributed by atoms with Crippen LogP contribution in [0, 0.1) is 0 Å². The smallest absolute Gasteiger partial charge is 0.0664 e. The van der Waals surface area contributed by atoms with E-state index in [9.17, 15) is 9.32 Å². The fourth-order valence-corrected chi connectivity index (χ4v) is 2.77. The second-order valence-electron chi connectivity index (χ2n) is 3.72. The van der Waals surface area contributed by atoms with Gasteiger partial charge in [0.25, 0.3) is 0 Å². The zero-order valence-electron chi connectivity index (χ0n) is 8.40. The molecule has 1 N–H and O–H groups in total. The highest BCUT2D eigenvalue weighted by Crippen LogP contribution is 2.08. The van der Waals surface area contributed by atoms with Gasteiger partial charge in [-0.3, -0.25) is 9.11 Å². The molecule has 0 aliphatic carbocycles. The van der Waals surface area contributed by atoms with Crippen LogP contribution in [0.1, 0.15) is 20.3 Å². The monoisotopic (exact) mass is 205 g/mol. The minimum Gasteiger partial charge on any atom is -0.392 e. The van der Waals surface area contributed by atoms with Gasteiger partial charge < -0.3 is 5.11 Å². The normalized spacial score (nSPS) is 33.2. The van der Waals surface area contributed by atoms with Crippen molar-refractivity contribution in [3.8, 4) is 0 Å². The predicted octanol–water partition coefficient (Wildman–Crippen LogP) is 0.210. The van der Waals surface area contributed by atoms with E-state index in [2.05, 4.69) is 4.90 Å². The Bertz CT molecular complexity index is 186.